The number of carbonyl (C=O) groups excluding carboxylic acids is 2. The molecular weight excluding hydrogens is 290 g/mol. The molecule has 2 fully saturated rings. The van der Waals surface area contributed by atoms with Gasteiger partial charge in [-0.15, -0.1) is 0 Å². The quantitative estimate of drug-likeness (QED) is 0.849. The summed E-state index contributed by atoms with van der Waals surface area (Å²) in [4.78, 5) is 28.6. The van der Waals surface area contributed by atoms with Gasteiger partial charge in [-0.3, -0.25) is 9.69 Å². The van der Waals surface area contributed by atoms with Crippen LogP contribution in [0.15, 0.2) is 30.3 Å². The molecule has 2 saturated heterocycles. The Labute approximate surface area is 137 Å². The lowest BCUT2D eigenvalue weighted by Crippen LogP contribution is -2.46. The second-order valence-corrected chi connectivity index (χ2v) is 6.80. The fraction of sp³-hybridized carbons (Fsp3) is 0.556. The first kappa shape index (κ1) is 16.0. The summed E-state index contributed by atoms with van der Waals surface area (Å²) in [6.45, 7) is 4.20. The van der Waals surface area contributed by atoms with Crippen molar-refractivity contribution in [3.8, 4) is 0 Å². The van der Waals surface area contributed by atoms with Crippen LogP contribution in [-0.2, 0) is 11.2 Å². The van der Waals surface area contributed by atoms with Crippen LogP contribution in [0.3, 0.4) is 0 Å². The van der Waals surface area contributed by atoms with Crippen molar-refractivity contribution in [1.82, 2.24) is 15.1 Å². The standard InChI is InChI=1S/C18H25N3O2/c1-18(11-10-15-8-4-2-5-9-15)16(22)21(17(23)19-18)14-20-12-6-3-7-13-20/h2,4-5,8-9H,3,6-7,10-14H2,1H3,(H,19,23)/t18-/m0/s1. The van der Waals surface area contributed by atoms with Gasteiger partial charge in [0.15, 0.2) is 0 Å². The van der Waals surface area contributed by atoms with E-state index in [0.29, 0.717) is 13.1 Å². The lowest BCUT2D eigenvalue weighted by atomic mass is 9.93. The maximum atomic E-state index is 12.7. The average Bonchev–Trinajstić information content (AvgIpc) is 2.79. The van der Waals surface area contributed by atoms with Crippen molar-refractivity contribution in [3.05, 3.63) is 35.9 Å². The molecule has 2 heterocycles. The largest absolute Gasteiger partial charge is 0.326 e. The first-order chi connectivity index (χ1) is 11.1. The van der Waals surface area contributed by atoms with Crippen molar-refractivity contribution < 1.29 is 9.59 Å². The van der Waals surface area contributed by atoms with Crippen molar-refractivity contribution in [1.29, 1.82) is 0 Å². The molecule has 0 bridgehead atoms. The molecule has 0 unspecified atom stereocenters. The van der Waals surface area contributed by atoms with Crippen molar-refractivity contribution in [2.45, 2.75) is 44.6 Å². The number of carbonyl (C=O) groups is 2. The van der Waals surface area contributed by atoms with Gasteiger partial charge >= 0.3 is 6.03 Å². The summed E-state index contributed by atoms with van der Waals surface area (Å²) in [5, 5.41) is 2.90. The SMILES string of the molecule is C[C@@]1(CCc2ccccc2)NC(=O)N(CN2CCCCC2)C1=O. The molecule has 1 atom stereocenters. The number of rotatable bonds is 5. The van der Waals surface area contributed by atoms with E-state index >= 15 is 0 Å². The van der Waals surface area contributed by atoms with Crippen LogP contribution >= 0.6 is 0 Å². The minimum Gasteiger partial charge on any atom is -0.323 e. The van der Waals surface area contributed by atoms with E-state index in [1.807, 2.05) is 25.1 Å². The highest BCUT2D eigenvalue weighted by Crippen LogP contribution is 2.24. The lowest BCUT2D eigenvalue weighted by Gasteiger charge is -2.29. The highest BCUT2D eigenvalue weighted by Gasteiger charge is 2.47. The van der Waals surface area contributed by atoms with Gasteiger partial charge in [0.2, 0.25) is 0 Å². The normalized spacial score (nSPS) is 25.7. The van der Waals surface area contributed by atoms with E-state index in [-0.39, 0.29) is 11.9 Å². The van der Waals surface area contributed by atoms with Crippen LogP contribution in [0.5, 0.6) is 0 Å². The number of imide groups is 1. The molecule has 1 aromatic carbocycles. The summed E-state index contributed by atoms with van der Waals surface area (Å²) in [5.74, 6) is -0.0935. The molecule has 0 radical (unpaired) electrons. The van der Waals surface area contributed by atoms with Crippen molar-refractivity contribution >= 4 is 11.9 Å². The third kappa shape index (κ3) is 3.55. The maximum Gasteiger partial charge on any atom is 0.326 e. The Balaban J connectivity index is 1.62. The Morgan fingerprint density at radius 2 is 1.78 bits per heavy atom. The molecule has 0 saturated carbocycles. The second kappa shape index (κ2) is 6.71. The first-order valence-corrected chi connectivity index (χ1v) is 8.49. The minimum atomic E-state index is -0.789. The molecule has 5 heteroatoms. The van der Waals surface area contributed by atoms with E-state index in [1.165, 1.54) is 16.9 Å². The van der Waals surface area contributed by atoms with Crippen molar-refractivity contribution in [2.75, 3.05) is 19.8 Å². The van der Waals surface area contributed by atoms with Crippen LogP contribution in [-0.4, -0.2) is 47.0 Å². The fourth-order valence-electron chi connectivity index (χ4n) is 3.38. The number of hydrogen-bond acceptors (Lipinski definition) is 3. The second-order valence-electron chi connectivity index (χ2n) is 6.80. The molecule has 0 aromatic heterocycles. The van der Waals surface area contributed by atoms with Crippen LogP contribution in [0.4, 0.5) is 4.79 Å². The van der Waals surface area contributed by atoms with Gasteiger partial charge in [0.05, 0.1) is 6.67 Å². The van der Waals surface area contributed by atoms with Gasteiger partial charge in [0.1, 0.15) is 5.54 Å². The van der Waals surface area contributed by atoms with Gasteiger partial charge in [-0.25, -0.2) is 9.69 Å². The molecule has 23 heavy (non-hydrogen) atoms. The molecule has 2 aliphatic heterocycles. The number of amides is 3. The Kier molecular flexibility index (Phi) is 4.66. The summed E-state index contributed by atoms with van der Waals surface area (Å²) >= 11 is 0. The summed E-state index contributed by atoms with van der Waals surface area (Å²) < 4.78 is 0. The summed E-state index contributed by atoms with van der Waals surface area (Å²) in [7, 11) is 0. The van der Waals surface area contributed by atoms with Crippen molar-refractivity contribution in [2.24, 2.45) is 0 Å². The fourth-order valence-corrected chi connectivity index (χ4v) is 3.38. The third-order valence-electron chi connectivity index (χ3n) is 4.89. The summed E-state index contributed by atoms with van der Waals surface area (Å²) in [6.07, 6.45) is 4.94. The average molecular weight is 315 g/mol. The Morgan fingerprint density at radius 3 is 2.48 bits per heavy atom. The predicted octanol–water partition coefficient (Wildman–Crippen LogP) is 2.37. The lowest BCUT2D eigenvalue weighted by molar-refractivity contribution is -0.132. The van der Waals surface area contributed by atoms with Gasteiger partial charge < -0.3 is 5.32 Å². The molecular formula is C18H25N3O2. The van der Waals surface area contributed by atoms with Gasteiger partial charge in [-0.1, -0.05) is 36.8 Å². The zero-order valence-corrected chi connectivity index (χ0v) is 13.8. The summed E-state index contributed by atoms with van der Waals surface area (Å²) in [5.41, 5.74) is 0.396. The molecule has 3 rings (SSSR count). The van der Waals surface area contributed by atoms with E-state index in [0.717, 1.165) is 32.4 Å². The van der Waals surface area contributed by atoms with Crippen molar-refractivity contribution in [3.63, 3.8) is 0 Å². The number of hydrogen-bond donors (Lipinski definition) is 1. The van der Waals surface area contributed by atoms with Crippen LogP contribution in [0.25, 0.3) is 0 Å². The number of aryl methyl sites for hydroxylation is 1. The number of piperidine rings is 1. The molecule has 124 valence electrons. The highest BCUT2D eigenvalue weighted by molar-refractivity contribution is 6.06. The van der Waals surface area contributed by atoms with Crippen LogP contribution < -0.4 is 5.32 Å². The number of nitrogens with zero attached hydrogens (tertiary/aromatic N) is 2. The Morgan fingerprint density at radius 1 is 1.09 bits per heavy atom. The molecule has 1 N–H and O–H groups in total. The topological polar surface area (TPSA) is 52.7 Å². The summed E-state index contributed by atoms with van der Waals surface area (Å²) in [6, 6.07) is 9.82. The van der Waals surface area contributed by atoms with E-state index in [9.17, 15) is 9.59 Å². The van der Waals surface area contributed by atoms with E-state index in [1.54, 1.807) is 0 Å². The number of urea groups is 1. The smallest absolute Gasteiger partial charge is 0.323 e. The molecule has 5 nitrogen and oxygen atoms in total. The number of likely N-dealkylation sites (tertiary alicyclic amines) is 1. The number of nitrogens with one attached hydrogen (secondary N) is 1. The monoisotopic (exact) mass is 315 g/mol. The zero-order valence-electron chi connectivity index (χ0n) is 13.8. The van der Waals surface area contributed by atoms with Gasteiger partial charge in [-0.2, -0.15) is 0 Å². The Bertz CT molecular complexity index is 569. The predicted molar refractivity (Wildman–Crippen MR) is 88.8 cm³/mol. The molecule has 1 aromatic rings. The molecule has 0 aliphatic carbocycles. The minimum absolute atomic E-state index is 0.0935. The van der Waals surface area contributed by atoms with Crippen LogP contribution in [0, 0.1) is 0 Å². The highest BCUT2D eigenvalue weighted by atomic mass is 16.2. The number of benzene rings is 1. The van der Waals surface area contributed by atoms with Gasteiger partial charge in [-0.05, 0) is 51.3 Å². The third-order valence-corrected chi connectivity index (χ3v) is 4.89. The first-order valence-electron chi connectivity index (χ1n) is 8.49. The molecule has 2 aliphatic rings. The van der Waals surface area contributed by atoms with E-state index in [2.05, 4.69) is 22.3 Å². The van der Waals surface area contributed by atoms with E-state index < -0.39 is 5.54 Å². The zero-order chi connectivity index (χ0) is 16.3. The molecule has 0 spiro atoms. The van der Waals surface area contributed by atoms with Crippen LogP contribution in [0.1, 0.15) is 38.2 Å². The van der Waals surface area contributed by atoms with E-state index in [4.69, 9.17) is 0 Å². The van der Waals surface area contributed by atoms with Gasteiger partial charge in [0.25, 0.3) is 5.91 Å². The maximum absolute atomic E-state index is 12.7. The Hall–Kier alpha value is -1.88. The molecule has 3 amide bonds. The van der Waals surface area contributed by atoms with Gasteiger partial charge in [0, 0.05) is 0 Å². The van der Waals surface area contributed by atoms with Crippen LogP contribution in [0.2, 0.25) is 0 Å².